The Morgan fingerprint density at radius 2 is 1.33 bits per heavy atom. The lowest BCUT2D eigenvalue weighted by atomic mass is 9.97. The largest absolute Gasteiger partial charge is 0.300 e. The molecule has 3 heteroatoms. The average Bonchev–Trinajstić information content (AvgIpc) is 2.46. The van der Waals surface area contributed by atoms with E-state index in [0.29, 0.717) is 5.54 Å². The van der Waals surface area contributed by atoms with Gasteiger partial charge < -0.3 is 4.90 Å². The lowest BCUT2D eigenvalue weighted by Crippen LogP contribution is -2.57. The van der Waals surface area contributed by atoms with Crippen LogP contribution in [0.4, 0.5) is 0 Å². The second-order valence-corrected chi connectivity index (χ2v) is 8.45. The first-order chi connectivity index (χ1) is 9.79. The molecule has 124 valence electrons. The molecule has 2 fully saturated rings. The van der Waals surface area contributed by atoms with Crippen LogP contribution in [0.1, 0.15) is 54.4 Å². The van der Waals surface area contributed by atoms with Gasteiger partial charge in [0, 0.05) is 43.8 Å². The fourth-order valence-corrected chi connectivity index (χ4v) is 3.84. The second-order valence-electron chi connectivity index (χ2n) is 8.45. The van der Waals surface area contributed by atoms with E-state index in [1.165, 1.54) is 52.1 Å². The van der Waals surface area contributed by atoms with Crippen LogP contribution in [0, 0.1) is 5.92 Å². The highest BCUT2D eigenvalue weighted by atomic mass is 15.3. The van der Waals surface area contributed by atoms with Gasteiger partial charge in [0.25, 0.3) is 0 Å². The normalized spacial score (nSPS) is 26.4. The summed E-state index contributed by atoms with van der Waals surface area (Å²) >= 11 is 0. The summed E-state index contributed by atoms with van der Waals surface area (Å²) in [6.45, 7) is 21.7. The molecule has 0 bridgehead atoms. The Labute approximate surface area is 132 Å². The average molecular weight is 296 g/mol. The third-order valence-electron chi connectivity index (χ3n) is 5.82. The minimum Gasteiger partial charge on any atom is -0.300 e. The van der Waals surface area contributed by atoms with E-state index < -0.39 is 0 Å². The number of nitrogens with zero attached hydrogens (tertiary/aromatic N) is 3. The van der Waals surface area contributed by atoms with E-state index >= 15 is 0 Å². The smallest absolute Gasteiger partial charge is 0.0126 e. The number of piperidine rings is 1. The first-order valence-corrected chi connectivity index (χ1v) is 9.02. The maximum absolute atomic E-state index is 2.76. The summed E-state index contributed by atoms with van der Waals surface area (Å²) in [4.78, 5) is 8.10. The molecule has 0 aromatic heterocycles. The van der Waals surface area contributed by atoms with Gasteiger partial charge in [0.15, 0.2) is 0 Å². The van der Waals surface area contributed by atoms with Crippen molar-refractivity contribution in [3.8, 4) is 0 Å². The highest BCUT2D eigenvalue weighted by Crippen LogP contribution is 2.23. The standard InChI is InChI=1S/C18H37N3/c1-15(2)16(3)19-9-7-17(8-10-19)20-11-13-21(14-12-20)18(4,5)6/h15-17H,7-14H2,1-6H3. The topological polar surface area (TPSA) is 9.72 Å². The molecule has 2 rings (SSSR count). The number of likely N-dealkylation sites (tertiary alicyclic amines) is 1. The molecule has 0 N–H and O–H groups in total. The first-order valence-electron chi connectivity index (χ1n) is 9.02. The number of piperazine rings is 1. The van der Waals surface area contributed by atoms with E-state index in [9.17, 15) is 0 Å². The molecule has 1 unspecified atom stereocenters. The summed E-state index contributed by atoms with van der Waals surface area (Å²) in [6, 6.07) is 1.58. The molecule has 2 aliphatic rings. The number of hydrogen-bond acceptors (Lipinski definition) is 3. The summed E-state index contributed by atoms with van der Waals surface area (Å²) in [6.07, 6.45) is 2.74. The van der Waals surface area contributed by atoms with Crippen LogP contribution >= 0.6 is 0 Å². The molecule has 1 atom stereocenters. The highest BCUT2D eigenvalue weighted by molar-refractivity contribution is 4.88. The van der Waals surface area contributed by atoms with Crippen LogP contribution in [0.2, 0.25) is 0 Å². The van der Waals surface area contributed by atoms with Gasteiger partial charge in [0.2, 0.25) is 0 Å². The molecule has 2 heterocycles. The molecule has 21 heavy (non-hydrogen) atoms. The van der Waals surface area contributed by atoms with Crippen LogP contribution in [0.25, 0.3) is 0 Å². The van der Waals surface area contributed by atoms with Crippen molar-refractivity contribution in [1.29, 1.82) is 0 Å². The molecule has 2 aliphatic heterocycles. The van der Waals surface area contributed by atoms with E-state index in [0.717, 1.165) is 18.0 Å². The quantitative estimate of drug-likeness (QED) is 0.792. The number of hydrogen-bond donors (Lipinski definition) is 0. The molecule has 0 amide bonds. The summed E-state index contributed by atoms with van der Waals surface area (Å²) in [5.41, 5.74) is 0.335. The minimum absolute atomic E-state index is 0.335. The molecular formula is C18H37N3. The van der Waals surface area contributed by atoms with Gasteiger partial charge in [-0.3, -0.25) is 9.80 Å². The van der Waals surface area contributed by atoms with E-state index in [4.69, 9.17) is 0 Å². The predicted molar refractivity (Wildman–Crippen MR) is 91.8 cm³/mol. The van der Waals surface area contributed by atoms with Crippen molar-refractivity contribution in [2.75, 3.05) is 39.3 Å². The van der Waals surface area contributed by atoms with Crippen LogP contribution in [0.3, 0.4) is 0 Å². The van der Waals surface area contributed by atoms with Crippen LogP contribution in [-0.4, -0.2) is 71.6 Å². The lowest BCUT2D eigenvalue weighted by molar-refractivity contribution is 0.0162. The van der Waals surface area contributed by atoms with Crippen LogP contribution in [0.15, 0.2) is 0 Å². The number of rotatable bonds is 3. The van der Waals surface area contributed by atoms with E-state index in [2.05, 4.69) is 56.2 Å². The molecule has 0 spiro atoms. The predicted octanol–water partition coefficient (Wildman–Crippen LogP) is 2.91. The fourth-order valence-electron chi connectivity index (χ4n) is 3.84. The van der Waals surface area contributed by atoms with E-state index in [-0.39, 0.29) is 0 Å². The second kappa shape index (κ2) is 6.97. The summed E-state index contributed by atoms with van der Waals surface area (Å²) < 4.78 is 0. The van der Waals surface area contributed by atoms with E-state index in [1.54, 1.807) is 0 Å². The van der Waals surface area contributed by atoms with Crippen molar-refractivity contribution in [2.45, 2.75) is 72.0 Å². The highest BCUT2D eigenvalue weighted by Gasteiger charge is 2.31. The zero-order chi connectivity index (χ0) is 15.6. The Bertz CT molecular complexity index is 305. The van der Waals surface area contributed by atoms with Gasteiger partial charge in [-0.25, -0.2) is 0 Å². The van der Waals surface area contributed by atoms with Gasteiger partial charge in [-0.05, 0) is 59.5 Å². The molecule has 0 aliphatic carbocycles. The summed E-state index contributed by atoms with van der Waals surface area (Å²) in [7, 11) is 0. The molecule has 3 nitrogen and oxygen atoms in total. The maximum atomic E-state index is 2.76. The fraction of sp³-hybridized carbons (Fsp3) is 1.00. The Balaban J connectivity index is 1.77. The maximum Gasteiger partial charge on any atom is 0.0126 e. The lowest BCUT2D eigenvalue weighted by Gasteiger charge is -2.47. The van der Waals surface area contributed by atoms with Crippen LogP contribution in [-0.2, 0) is 0 Å². The third-order valence-corrected chi connectivity index (χ3v) is 5.82. The molecule has 0 aromatic rings. The van der Waals surface area contributed by atoms with Crippen molar-refractivity contribution < 1.29 is 0 Å². The SMILES string of the molecule is CC(C)C(C)N1CCC(N2CCN(C(C)(C)C)CC2)CC1. The van der Waals surface area contributed by atoms with Crippen molar-refractivity contribution >= 4 is 0 Å². The third kappa shape index (κ3) is 4.43. The Morgan fingerprint density at radius 3 is 1.76 bits per heavy atom. The van der Waals surface area contributed by atoms with Gasteiger partial charge in [-0.15, -0.1) is 0 Å². The molecule has 0 saturated carbocycles. The zero-order valence-electron chi connectivity index (χ0n) is 15.2. The monoisotopic (exact) mass is 295 g/mol. The van der Waals surface area contributed by atoms with Gasteiger partial charge in [0.05, 0.1) is 0 Å². The van der Waals surface area contributed by atoms with Gasteiger partial charge in [-0.2, -0.15) is 0 Å². The van der Waals surface area contributed by atoms with Crippen molar-refractivity contribution in [3.05, 3.63) is 0 Å². The Kier molecular flexibility index (Phi) is 5.72. The van der Waals surface area contributed by atoms with Crippen LogP contribution < -0.4 is 0 Å². The van der Waals surface area contributed by atoms with E-state index in [1.807, 2.05) is 0 Å². The first kappa shape index (κ1) is 17.2. The van der Waals surface area contributed by atoms with Crippen molar-refractivity contribution in [1.82, 2.24) is 14.7 Å². The minimum atomic E-state index is 0.335. The summed E-state index contributed by atoms with van der Waals surface area (Å²) in [5.74, 6) is 0.775. The molecule has 0 aromatic carbocycles. The summed E-state index contributed by atoms with van der Waals surface area (Å²) in [5, 5.41) is 0. The molecular weight excluding hydrogens is 258 g/mol. The molecule has 2 saturated heterocycles. The van der Waals surface area contributed by atoms with Crippen molar-refractivity contribution in [3.63, 3.8) is 0 Å². The Morgan fingerprint density at radius 1 is 0.810 bits per heavy atom. The zero-order valence-corrected chi connectivity index (χ0v) is 15.2. The van der Waals surface area contributed by atoms with Gasteiger partial charge >= 0.3 is 0 Å². The van der Waals surface area contributed by atoms with Crippen LogP contribution in [0.5, 0.6) is 0 Å². The van der Waals surface area contributed by atoms with Gasteiger partial charge in [-0.1, -0.05) is 13.8 Å². The molecule has 0 radical (unpaired) electrons. The van der Waals surface area contributed by atoms with Crippen molar-refractivity contribution in [2.24, 2.45) is 5.92 Å². The van der Waals surface area contributed by atoms with Gasteiger partial charge in [0.1, 0.15) is 0 Å². The Hall–Kier alpha value is -0.120.